The number of fused-ring (bicyclic) bond motifs is 1. The molecule has 0 aromatic rings. The minimum atomic E-state index is -0.764. The largest absolute Gasteiger partial charge is 0.443 e. The number of ether oxygens (including phenoxy) is 3. The number of alkyl carbamates (subject to hydrolysis) is 1. The molecule has 2 aliphatic heterocycles. The van der Waals surface area contributed by atoms with Gasteiger partial charge in [-0.25, -0.2) is 4.79 Å². The summed E-state index contributed by atoms with van der Waals surface area (Å²) in [6.07, 6.45) is 2.89. The molecule has 0 radical (unpaired) electrons. The van der Waals surface area contributed by atoms with Crippen molar-refractivity contribution >= 4 is 12.4 Å². The molecule has 0 aliphatic carbocycles. The second kappa shape index (κ2) is 24.7. The number of aliphatic hydroxyl groups is 1. The number of nitrogens with one attached hydrogen (secondary N) is 2. The second-order valence-electron chi connectivity index (χ2n) is 14.8. The first kappa shape index (κ1) is 45.7. The smallest absolute Gasteiger partial charge is 0.407 e. The zero-order valence-corrected chi connectivity index (χ0v) is 32.1. The highest BCUT2D eigenvalue weighted by Crippen LogP contribution is 2.33. The van der Waals surface area contributed by atoms with Crippen LogP contribution in [0.25, 0.3) is 0 Å². The van der Waals surface area contributed by atoms with Crippen LogP contribution >= 0.6 is 0 Å². The number of amides is 1. The van der Waals surface area contributed by atoms with Crippen LogP contribution in [0.15, 0.2) is 0 Å². The summed E-state index contributed by atoms with van der Waals surface area (Å²) in [6, 6.07) is -0.393. The molecule has 0 unspecified atom stereocenters. The van der Waals surface area contributed by atoms with Crippen molar-refractivity contribution in [2.75, 3.05) is 72.1 Å². The van der Waals surface area contributed by atoms with Gasteiger partial charge in [-0.15, -0.1) is 0 Å². The summed E-state index contributed by atoms with van der Waals surface area (Å²) in [5, 5.41) is 15.8. The molecule has 2 fully saturated rings. The summed E-state index contributed by atoms with van der Waals surface area (Å²) in [5.74, 6) is 0.865. The Balaban J connectivity index is 0.000000696. The van der Waals surface area contributed by atoms with Crippen molar-refractivity contribution in [3.63, 3.8) is 0 Å². The lowest BCUT2D eigenvalue weighted by Crippen LogP contribution is -2.47. The van der Waals surface area contributed by atoms with Crippen LogP contribution in [-0.2, 0) is 19.0 Å². The molecule has 5 N–H and O–H groups in total. The minimum absolute atomic E-state index is 0.101. The first-order valence-electron chi connectivity index (χ1n) is 18.3. The van der Waals surface area contributed by atoms with Gasteiger partial charge >= 0.3 is 6.09 Å². The number of nitrogens with zero attached hydrogens (tertiary/aromatic N) is 2. The summed E-state index contributed by atoms with van der Waals surface area (Å²) in [5.41, 5.74) is 5.64. The molecule has 280 valence electrons. The third kappa shape index (κ3) is 20.1. The van der Waals surface area contributed by atoms with Crippen LogP contribution in [0.5, 0.6) is 0 Å². The van der Waals surface area contributed by atoms with Crippen molar-refractivity contribution in [1.82, 2.24) is 20.4 Å². The Morgan fingerprint density at radius 3 is 2.06 bits per heavy atom. The van der Waals surface area contributed by atoms with E-state index in [4.69, 9.17) is 19.9 Å². The van der Waals surface area contributed by atoms with Crippen molar-refractivity contribution < 1.29 is 28.9 Å². The Kier molecular flexibility index (Phi) is 24.0. The fourth-order valence-corrected chi connectivity index (χ4v) is 5.34. The van der Waals surface area contributed by atoms with Gasteiger partial charge in [-0.2, -0.15) is 0 Å². The van der Waals surface area contributed by atoms with Gasteiger partial charge in [0.25, 0.3) is 0 Å². The van der Waals surface area contributed by atoms with Crippen molar-refractivity contribution in [3.8, 4) is 0 Å². The number of aliphatic hydroxyl groups excluding tert-OH is 1. The molecule has 0 saturated carbocycles. The number of hydrogen-bond donors (Lipinski definition) is 4. The molecule has 2 rings (SSSR count). The van der Waals surface area contributed by atoms with Crippen LogP contribution in [0.4, 0.5) is 4.79 Å². The number of rotatable bonds is 20. The van der Waals surface area contributed by atoms with Crippen molar-refractivity contribution in [2.45, 2.75) is 126 Å². The lowest BCUT2D eigenvalue weighted by Gasteiger charge is -2.29. The van der Waals surface area contributed by atoms with Crippen molar-refractivity contribution in [3.05, 3.63) is 0 Å². The highest BCUT2D eigenvalue weighted by molar-refractivity contribution is 5.68. The average molecular weight is 674 g/mol. The number of carbonyl (C=O) groups is 2. The first-order chi connectivity index (χ1) is 22.1. The fourth-order valence-electron chi connectivity index (χ4n) is 5.34. The molecule has 0 bridgehead atoms. The Hall–Kier alpha value is -1.34. The monoisotopic (exact) mass is 674 g/mol. The maximum atomic E-state index is 11.8. The standard InChI is InChI=1S/C14H32N2.C12H22N2O5.C10H21NO/c1-7-16(8-2)10-9-14(5,6)12-15-11-13(3)4;1-2-8(9(15)5-13)14-12(16)19-10-6-18-11-7(10)3-4-17-11;1-5-11(6-2)8-7-10(3,4)9-12/h13,15H,7-12H2,1-6H3;7-11,15H,2-6,13H2,1H3,(H,14,16);9H,5-8H2,1-4H3/t;7-,8-,9+,10-,11+;/m.0./s1. The molecule has 0 spiro atoms. The molecule has 0 aromatic carbocycles. The lowest BCUT2D eigenvalue weighted by atomic mass is 9.89. The summed E-state index contributed by atoms with van der Waals surface area (Å²) >= 11 is 0. The zero-order valence-electron chi connectivity index (χ0n) is 32.1. The third-order valence-corrected chi connectivity index (χ3v) is 9.13. The van der Waals surface area contributed by atoms with E-state index in [0.717, 1.165) is 57.8 Å². The van der Waals surface area contributed by atoms with E-state index >= 15 is 0 Å². The van der Waals surface area contributed by atoms with Crippen LogP contribution in [0, 0.1) is 22.7 Å². The van der Waals surface area contributed by atoms with Crippen LogP contribution in [0.2, 0.25) is 0 Å². The molecule has 1 amide bonds. The molecule has 11 nitrogen and oxygen atoms in total. The van der Waals surface area contributed by atoms with Crippen LogP contribution in [0.3, 0.4) is 0 Å². The molecule has 11 heteroatoms. The van der Waals surface area contributed by atoms with E-state index in [9.17, 15) is 14.7 Å². The summed E-state index contributed by atoms with van der Waals surface area (Å²) in [4.78, 5) is 27.2. The predicted octanol–water partition coefficient (Wildman–Crippen LogP) is 4.51. The van der Waals surface area contributed by atoms with Gasteiger partial charge in [-0.05, 0) is 82.8 Å². The SMILES string of the molecule is CCN(CC)CCC(C)(C)C=O.CCN(CC)CCC(C)(C)CNCC(C)C.CC[C@H](NC(=O)O[C@H]1CO[C@H]2OCC[C@H]21)[C@H](O)CN. The summed E-state index contributed by atoms with van der Waals surface area (Å²) in [7, 11) is 0. The molecule has 2 aliphatic rings. The lowest BCUT2D eigenvalue weighted by molar-refractivity contribution is -0.115. The van der Waals surface area contributed by atoms with E-state index in [1.807, 2.05) is 20.8 Å². The number of hydrogen-bond acceptors (Lipinski definition) is 10. The Morgan fingerprint density at radius 1 is 1.00 bits per heavy atom. The molecule has 2 saturated heterocycles. The first-order valence-corrected chi connectivity index (χ1v) is 18.3. The van der Waals surface area contributed by atoms with Crippen molar-refractivity contribution in [2.24, 2.45) is 28.4 Å². The minimum Gasteiger partial charge on any atom is -0.443 e. The van der Waals surface area contributed by atoms with Crippen LogP contribution in [0.1, 0.15) is 102 Å². The molecule has 5 atom stereocenters. The number of aldehydes is 1. The highest BCUT2D eigenvalue weighted by Gasteiger charge is 2.44. The molecule has 2 heterocycles. The average Bonchev–Trinajstić information content (AvgIpc) is 3.66. The van der Waals surface area contributed by atoms with E-state index in [-0.39, 0.29) is 30.3 Å². The Bertz CT molecular complexity index is 807. The number of nitrogens with two attached hydrogens (primary N) is 1. The van der Waals surface area contributed by atoms with E-state index in [2.05, 4.69) is 75.8 Å². The van der Waals surface area contributed by atoms with Gasteiger partial charge < -0.3 is 50.3 Å². The maximum Gasteiger partial charge on any atom is 0.407 e. The summed E-state index contributed by atoms with van der Waals surface area (Å²) in [6.45, 7) is 34.0. The summed E-state index contributed by atoms with van der Waals surface area (Å²) < 4.78 is 16.1. The van der Waals surface area contributed by atoms with E-state index in [0.29, 0.717) is 25.0 Å². The Labute approximate surface area is 288 Å². The van der Waals surface area contributed by atoms with Gasteiger partial charge in [0, 0.05) is 18.5 Å². The van der Waals surface area contributed by atoms with Gasteiger partial charge in [0.15, 0.2) is 6.29 Å². The van der Waals surface area contributed by atoms with E-state index < -0.39 is 18.2 Å². The molecule has 47 heavy (non-hydrogen) atoms. The zero-order chi connectivity index (χ0) is 36.0. The van der Waals surface area contributed by atoms with Gasteiger partial charge in [0.2, 0.25) is 0 Å². The van der Waals surface area contributed by atoms with Crippen LogP contribution < -0.4 is 16.4 Å². The van der Waals surface area contributed by atoms with Crippen LogP contribution in [-0.4, -0.2) is 124 Å². The second-order valence-corrected chi connectivity index (χ2v) is 14.8. The Morgan fingerprint density at radius 2 is 1.57 bits per heavy atom. The molecule has 0 aromatic heterocycles. The highest BCUT2D eigenvalue weighted by atomic mass is 16.7. The van der Waals surface area contributed by atoms with E-state index in [1.165, 1.54) is 26.1 Å². The predicted molar refractivity (Wildman–Crippen MR) is 192 cm³/mol. The van der Waals surface area contributed by atoms with Gasteiger partial charge in [-0.3, -0.25) is 0 Å². The number of carbonyl (C=O) groups excluding carboxylic acids is 2. The van der Waals surface area contributed by atoms with Gasteiger partial charge in [0.1, 0.15) is 12.4 Å². The van der Waals surface area contributed by atoms with Gasteiger partial charge in [-0.1, -0.05) is 76.2 Å². The molecular weight excluding hydrogens is 598 g/mol. The van der Waals surface area contributed by atoms with E-state index in [1.54, 1.807) is 0 Å². The fraction of sp³-hybridized carbons (Fsp3) is 0.944. The third-order valence-electron chi connectivity index (χ3n) is 9.13. The molecular formula is C36H75N5O6. The maximum absolute atomic E-state index is 11.8. The normalized spacial score (nSPS) is 20.6. The quantitative estimate of drug-likeness (QED) is 0.137. The topological polar surface area (TPSA) is 139 Å². The van der Waals surface area contributed by atoms with Crippen molar-refractivity contribution in [1.29, 1.82) is 0 Å². The van der Waals surface area contributed by atoms with Gasteiger partial charge in [0.05, 0.1) is 31.3 Å².